The Morgan fingerprint density at radius 3 is 1.70 bits per heavy atom. The van der Waals surface area contributed by atoms with Crippen LogP contribution in [0.1, 0.15) is 127 Å². The molecule has 33 atom stereocenters. The van der Waals surface area contributed by atoms with E-state index in [0.29, 0.717) is 25.7 Å². The number of aliphatic hydroxyl groups is 15. The topological polar surface area (TPSA) is 413 Å². The average Bonchev–Trinajstić information content (AvgIpc) is 0.681. The molecule has 15 N–H and O–H groups in total. The molecular formula is C60H98O26. The fourth-order valence-corrected chi connectivity index (χ4v) is 17.8. The molecule has 0 amide bonds. The number of fused-ring (bicyclic) bond motifs is 7. The van der Waals surface area contributed by atoms with E-state index in [1.807, 2.05) is 0 Å². The van der Waals surface area contributed by atoms with Crippen LogP contribution < -0.4 is 0 Å². The third-order valence-electron chi connectivity index (χ3n) is 23.4. The SMILES string of the molecule is CC1OC(OC2C(C)OC(OCC3OC(OC4C(CO)OC(OC5CCC6(C)C(CCC7(C)C6CC=C6C8CC(C)(C)CCC8(C(=O)OC8OC(CO)C(O)C(O)C8O)CCC67C)C5(C)C)C(O)C4O)C(O)C(O)C3O)C(O)C2O)C(O)C(O)C1O. The summed E-state index contributed by atoms with van der Waals surface area (Å²) in [6.07, 6.45) is -30.5. The first kappa shape index (κ1) is 67.1. The Morgan fingerprint density at radius 2 is 1.03 bits per heavy atom. The molecular weight excluding hydrogens is 1140 g/mol. The van der Waals surface area contributed by atoms with Gasteiger partial charge in [0.2, 0.25) is 6.29 Å². The third-order valence-corrected chi connectivity index (χ3v) is 23.4. The van der Waals surface area contributed by atoms with Gasteiger partial charge in [-0.3, -0.25) is 4.79 Å². The highest BCUT2D eigenvalue weighted by atomic mass is 16.8. The zero-order valence-corrected chi connectivity index (χ0v) is 50.7. The maximum absolute atomic E-state index is 14.8. The summed E-state index contributed by atoms with van der Waals surface area (Å²) >= 11 is 0. The lowest BCUT2D eigenvalue weighted by Gasteiger charge is -2.71. The molecule has 0 aromatic rings. The summed E-state index contributed by atoms with van der Waals surface area (Å²) in [6.45, 7) is 16.8. The van der Waals surface area contributed by atoms with Crippen LogP contribution in [0.2, 0.25) is 0 Å². The molecule has 10 rings (SSSR count). The molecule has 5 aliphatic heterocycles. The highest BCUT2D eigenvalue weighted by molar-refractivity contribution is 5.79. The van der Waals surface area contributed by atoms with Crippen LogP contribution in [-0.2, 0) is 52.2 Å². The second-order valence-corrected chi connectivity index (χ2v) is 29.1. The maximum Gasteiger partial charge on any atom is 0.315 e. The molecule has 86 heavy (non-hydrogen) atoms. The molecule has 33 unspecified atom stereocenters. The predicted molar refractivity (Wildman–Crippen MR) is 293 cm³/mol. The largest absolute Gasteiger partial charge is 0.432 e. The van der Waals surface area contributed by atoms with Crippen molar-refractivity contribution in [1.82, 2.24) is 0 Å². The Kier molecular flexibility index (Phi) is 19.2. The summed E-state index contributed by atoms with van der Waals surface area (Å²) in [4.78, 5) is 14.8. The van der Waals surface area contributed by atoms with Crippen molar-refractivity contribution in [3.8, 4) is 0 Å². The highest BCUT2D eigenvalue weighted by Gasteiger charge is 2.70. The second-order valence-electron chi connectivity index (χ2n) is 29.1. The van der Waals surface area contributed by atoms with Crippen molar-refractivity contribution in [1.29, 1.82) is 0 Å². The summed E-state index contributed by atoms with van der Waals surface area (Å²) < 4.78 is 59.2. The molecule has 0 bridgehead atoms. The minimum atomic E-state index is -1.94. The Morgan fingerprint density at radius 1 is 0.512 bits per heavy atom. The predicted octanol–water partition coefficient (Wildman–Crippen LogP) is -2.16. The number of hydrogen-bond donors (Lipinski definition) is 15. The van der Waals surface area contributed by atoms with Crippen LogP contribution >= 0.6 is 0 Å². The van der Waals surface area contributed by atoms with Crippen molar-refractivity contribution in [2.45, 2.75) is 286 Å². The lowest BCUT2D eigenvalue weighted by atomic mass is 9.33. The molecule has 5 heterocycles. The van der Waals surface area contributed by atoms with Gasteiger partial charge in [0, 0.05) is 0 Å². The van der Waals surface area contributed by atoms with E-state index in [9.17, 15) is 81.4 Å². The van der Waals surface area contributed by atoms with Crippen molar-refractivity contribution >= 4 is 5.97 Å². The number of ether oxygens (including phenoxy) is 10. The van der Waals surface area contributed by atoms with E-state index < -0.39 is 196 Å². The zero-order valence-electron chi connectivity index (χ0n) is 50.7. The van der Waals surface area contributed by atoms with Gasteiger partial charge in [-0.2, -0.15) is 0 Å². The first-order valence-corrected chi connectivity index (χ1v) is 31.1. The van der Waals surface area contributed by atoms with Crippen LogP contribution in [0.15, 0.2) is 11.6 Å². The van der Waals surface area contributed by atoms with Gasteiger partial charge in [-0.05, 0) is 123 Å². The van der Waals surface area contributed by atoms with Crippen LogP contribution in [0.3, 0.4) is 0 Å². The number of hydrogen-bond acceptors (Lipinski definition) is 26. The van der Waals surface area contributed by atoms with Gasteiger partial charge in [-0.15, -0.1) is 0 Å². The fourth-order valence-electron chi connectivity index (χ4n) is 17.8. The Labute approximate surface area is 501 Å². The average molecular weight is 1240 g/mol. The Balaban J connectivity index is 0.780. The normalized spacial score (nSPS) is 54.5. The lowest BCUT2D eigenvalue weighted by molar-refractivity contribution is -0.375. The second kappa shape index (κ2) is 24.6. The van der Waals surface area contributed by atoms with Crippen LogP contribution in [0.25, 0.3) is 0 Å². The van der Waals surface area contributed by atoms with Gasteiger partial charge in [0.25, 0.3) is 0 Å². The van der Waals surface area contributed by atoms with E-state index in [0.717, 1.165) is 38.5 Å². The number of aliphatic hydroxyl groups excluding tert-OH is 15. The molecule has 0 aromatic heterocycles. The first-order chi connectivity index (χ1) is 40.2. The van der Waals surface area contributed by atoms with Gasteiger partial charge in [0.05, 0.1) is 43.5 Å². The standard InChI is InChI=1S/C60H98O26/c1-24-34(63)37(66)42(71)50(78-24)84-47-25(2)79-49(45(74)40(47)69)77-23-30-36(65)39(68)43(72)52(82-30)85-48-29(22-62)81-51(46(75)41(48)70)83-33-13-14-57(7)31(56(33,5)6)12-15-59(9)32(57)11-10-26-27-20-55(3,4)16-18-60(27,19-17-58(26,59)8)54(76)86-53-44(73)38(67)35(64)28(21-61)80-53/h10,24-25,27-53,61-75H,11-23H2,1-9H3. The van der Waals surface area contributed by atoms with Gasteiger partial charge in [-0.1, -0.05) is 60.1 Å². The molecule has 0 spiro atoms. The molecule has 494 valence electrons. The van der Waals surface area contributed by atoms with E-state index in [1.54, 1.807) is 0 Å². The molecule has 0 aromatic carbocycles. The maximum atomic E-state index is 14.8. The summed E-state index contributed by atoms with van der Waals surface area (Å²) in [5.41, 5.74) is -0.970. The van der Waals surface area contributed by atoms with Crippen molar-refractivity contribution in [3.63, 3.8) is 0 Å². The van der Waals surface area contributed by atoms with E-state index in [1.165, 1.54) is 19.4 Å². The van der Waals surface area contributed by atoms with Gasteiger partial charge in [0.15, 0.2) is 25.2 Å². The van der Waals surface area contributed by atoms with Crippen LogP contribution in [0.4, 0.5) is 0 Å². The number of allylic oxidation sites excluding steroid dienone is 2. The molecule has 26 heteroatoms. The van der Waals surface area contributed by atoms with Crippen molar-refractivity contribution in [2.75, 3.05) is 19.8 Å². The van der Waals surface area contributed by atoms with Crippen molar-refractivity contribution in [2.24, 2.45) is 50.2 Å². The third kappa shape index (κ3) is 11.2. The van der Waals surface area contributed by atoms with Gasteiger partial charge in [0.1, 0.15) is 110 Å². The monoisotopic (exact) mass is 1230 g/mol. The first-order valence-electron chi connectivity index (χ1n) is 31.1. The van der Waals surface area contributed by atoms with Crippen molar-refractivity contribution in [3.05, 3.63) is 11.6 Å². The minimum absolute atomic E-state index is 0.0910. The molecule has 0 radical (unpaired) electrons. The van der Waals surface area contributed by atoms with Crippen LogP contribution in [0.5, 0.6) is 0 Å². The zero-order chi connectivity index (χ0) is 62.9. The van der Waals surface area contributed by atoms with Gasteiger partial charge in [-0.25, -0.2) is 0 Å². The summed E-state index contributed by atoms with van der Waals surface area (Å²) in [5, 5.41) is 162. The Bertz CT molecular complexity index is 2400. The molecule has 26 nitrogen and oxygen atoms in total. The smallest absolute Gasteiger partial charge is 0.315 e. The summed E-state index contributed by atoms with van der Waals surface area (Å²) in [7, 11) is 0. The number of carbonyl (C=O) groups excluding carboxylic acids is 1. The Hall–Kier alpha value is -1.75. The van der Waals surface area contributed by atoms with E-state index in [-0.39, 0.29) is 39.4 Å². The van der Waals surface area contributed by atoms with Crippen molar-refractivity contribution < 1.29 is 129 Å². The van der Waals surface area contributed by atoms with Gasteiger partial charge < -0.3 is 124 Å². The number of rotatable bonds is 13. The number of carbonyl (C=O) groups is 1. The molecule has 5 aliphatic carbocycles. The minimum Gasteiger partial charge on any atom is -0.432 e. The molecule has 5 saturated heterocycles. The van der Waals surface area contributed by atoms with Crippen LogP contribution in [0, 0.1) is 50.2 Å². The number of esters is 1. The highest BCUT2D eigenvalue weighted by Crippen LogP contribution is 2.76. The summed E-state index contributed by atoms with van der Waals surface area (Å²) in [5.74, 6) is -0.346. The van der Waals surface area contributed by atoms with E-state index >= 15 is 0 Å². The lowest BCUT2D eigenvalue weighted by Crippen LogP contribution is -2.67. The van der Waals surface area contributed by atoms with Gasteiger partial charge >= 0.3 is 5.97 Å². The molecule has 10 aliphatic rings. The quantitative estimate of drug-likeness (QED) is 0.0531. The molecule has 4 saturated carbocycles. The van der Waals surface area contributed by atoms with Crippen LogP contribution in [-0.4, -0.2) is 262 Å². The summed E-state index contributed by atoms with van der Waals surface area (Å²) in [6, 6.07) is 0. The fraction of sp³-hybridized carbons (Fsp3) is 0.950. The van der Waals surface area contributed by atoms with E-state index in [2.05, 4.69) is 54.5 Å². The molecule has 9 fully saturated rings. The van der Waals surface area contributed by atoms with E-state index in [4.69, 9.17) is 47.4 Å².